The van der Waals surface area contributed by atoms with Gasteiger partial charge in [0.15, 0.2) is 0 Å². The number of carbonyl (C=O) groups excluding carboxylic acids is 4. The Hall–Kier alpha value is -1.72. The van der Waals surface area contributed by atoms with Gasteiger partial charge in [0.25, 0.3) is 0 Å². The van der Waals surface area contributed by atoms with E-state index in [0.717, 1.165) is 0 Å². The Kier molecular flexibility index (Phi) is 7.11. The molecule has 0 aromatic heterocycles. The van der Waals surface area contributed by atoms with Gasteiger partial charge in [0, 0.05) is 64.7 Å². The minimum Gasteiger partial charge on any atom is -0.349 e. The summed E-state index contributed by atoms with van der Waals surface area (Å²) in [6.45, 7) is 3.59. The molecule has 0 aromatic rings. The van der Waals surface area contributed by atoms with Crippen molar-refractivity contribution in [3.05, 3.63) is 0 Å². The van der Waals surface area contributed by atoms with Crippen LogP contribution in [0.2, 0.25) is 0 Å². The molecule has 1 saturated carbocycles. The van der Waals surface area contributed by atoms with Gasteiger partial charge in [-0.3, -0.25) is 19.2 Å². The number of rotatable bonds is 6. The van der Waals surface area contributed by atoms with Gasteiger partial charge in [0.1, 0.15) is 11.6 Å². The van der Waals surface area contributed by atoms with Crippen LogP contribution in [0.3, 0.4) is 0 Å². The molecule has 4 atom stereocenters. The highest BCUT2D eigenvalue weighted by atomic mass is 16.2. The van der Waals surface area contributed by atoms with E-state index in [1.165, 1.54) is 9.80 Å². The van der Waals surface area contributed by atoms with Crippen LogP contribution in [0.4, 0.5) is 0 Å². The second-order valence-electron chi connectivity index (χ2n) is 7.47. The topological polar surface area (TPSA) is 74.8 Å². The monoisotopic (exact) mass is 338 g/mol. The molecule has 1 aliphatic rings. The van der Waals surface area contributed by atoms with Crippen molar-refractivity contribution in [3.8, 4) is 0 Å². The van der Waals surface area contributed by atoms with Crippen LogP contribution in [0.15, 0.2) is 0 Å². The molecule has 6 nitrogen and oxygen atoms in total. The summed E-state index contributed by atoms with van der Waals surface area (Å²) in [7, 11) is 6.75. The molecule has 0 radical (unpaired) electrons. The smallest absolute Gasteiger partial charge is 0.224 e. The fraction of sp³-hybridized carbons (Fsp3) is 0.778. The Bertz CT molecular complexity index is 467. The van der Waals surface area contributed by atoms with Crippen molar-refractivity contribution < 1.29 is 19.2 Å². The fourth-order valence-electron chi connectivity index (χ4n) is 3.41. The van der Waals surface area contributed by atoms with Crippen LogP contribution >= 0.6 is 0 Å². The summed E-state index contributed by atoms with van der Waals surface area (Å²) in [5.41, 5.74) is 0. The van der Waals surface area contributed by atoms with Crippen LogP contribution in [-0.2, 0) is 19.2 Å². The predicted octanol–water partition coefficient (Wildman–Crippen LogP) is 1.38. The van der Waals surface area contributed by atoms with Crippen LogP contribution < -0.4 is 0 Å². The van der Waals surface area contributed by atoms with E-state index in [2.05, 4.69) is 0 Å². The quantitative estimate of drug-likeness (QED) is 0.733. The first-order valence-electron chi connectivity index (χ1n) is 8.52. The lowest BCUT2D eigenvalue weighted by Gasteiger charge is -2.30. The maximum absolute atomic E-state index is 12.4. The highest BCUT2D eigenvalue weighted by molar-refractivity contribution is 5.96. The Morgan fingerprint density at radius 1 is 0.833 bits per heavy atom. The molecule has 2 amide bonds. The summed E-state index contributed by atoms with van der Waals surface area (Å²) < 4.78 is 0. The third-order valence-electron chi connectivity index (χ3n) is 4.81. The fourth-order valence-corrected chi connectivity index (χ4v) is 3.41. The average Bonchev–Trinajstić information content (AvgIpc) is 2.49. The minimum atomic E-state index is -0.368. The van der Waals surface area contributed by atoms with E-state index in [-0.39, 0.29) is 59.9 Å². The van der Waals surface area contributed by atoms with Crippen molar-refractivity contribution in [3.63, 3.8) is 0 Å². The third-order valence-corrected chi connectivity index (χ3v) is 4.81. The maximum atomic E-state index is 12.4. The molecule has 1 rings (SSSR count). The first-order valence-corrected chi connectivity index (χ1v) is 8.52. The van der Waals surface area contributed by atoms with Crippen LogP contribution in [-0.4, -0.2) is 61.4 Å². The van der Waals surface area contributed by atoms with E-state index in [1.54, 1.807) is 42.0 Å². The van der Waals surface area contributed by atoms with Gasteiger partial charge in [0.05, 0.1) is 0 Å². The van der Waals surface area contributed by atoms with Gasteiger partial charge < -0.3 is 9.80 Å². The van der Waals surface area contributed by atoms with Crippen LogP contribution in [0.5, 0.6) is 0 Å². The van der Waals surface area contributed by atoms with Crippen molar-refractivity contribution >= 4 is 23.4 Å². The van der Waals surface area contributed by atoms with Crippen molar-refractivity contribution in [1.29, 1.82) is 0 Å². The van der Waals surface area contributed by atoms with Crippen molar-refractivity contribution in [2.75, 3.05) is 28.2 Å². The van der Waals surface area contributed by atoms with Gasteiger partial charge in [-0.1, -0.05) is 13.8 Å². The molecule has 6 heteroatoms. The predicted molar refractivity (Wildman–Crippen MR) is 91.2 cm³/mol. The molecule has 1 fully saturated rings. The first kappa shape index (κ1) is 20.3. The number of nitrogens with zero attached hydrogens (tertiary/aromatic N) is 2. The minimum absolute atomic E-state index is 0.0254. The van der Waals surface area contributed by atoms with Crippen molar-refractivity contribution in [2.24, 2.45) is 23.7 Å². The molecule has 1 aliphatic carbocycles. The van der Waals surface area contributed by atoms with E-state index in [1.807, 2.05) is 0 Å². The van der Waals surface area contributed by atoms with E-state index < -0.39 is 0 Å². The highest BCUT2D eigenvalue weighted by Crippen LogP contribution is 2.32. The highest BCUT2D eigenvalue weighted by Gasteiger charge is 2.37. The van der Waals surface area contributed by atoms with Crippen LogP contribution in [0.1, 0.15) is 39.5 Å². The Morgan fingerprint density at radius 2 is 1.12 bits per heavy atom. The Morgan fingerprint density at radius 3 is 1.38 bits per heavy atom. The zero-order valence-corrected chi connectivity index (χ0v) is 15.7. The number of ketones is 2. The number of carbonyl (C=O) groups is 4. The van der Waals surface area contributed by atoms with Gasteiger partial charge in [-0.05, 0) is 12.8 Å². The molecule has 24 heavy (non-hydrogen) atoms. The molecule has 0 N–H and O–H groups in total. The summed E-state index contributed by atoms with van der Waals surface area (Å²) >= 11 is 0. The molecule has 4 unspecified atom stereocenters. The number of hydrogen-bond donors (Lipinski definition) is 0. The standard InChI is InChI=1S/C18H30N2O4/c1-11(17(23)19(3)4)7-13-9-16(22)14(10-15(13)21)8-12(2)18(24)20(5)6/h11-14H,7-10H2,1-6H3. The summed E-state index contributed by atoms with van der Waals surface area (Å²) in [4.78, 5) is 51.7. The lowest BCUT2D eigenvalue weighted by atomic mass is 9.74. The molecule has 0 spiro atoms. The third kappa shape index (κ3) is 5.14. The van der Waals surface area contributed by atoms with Gasteiger partial charge in [-0.2, -0.15) is 0 Å². The average molecular weight is 338 g/mol. The zero-order chi connectivity index (χ0) is 18.6. The molecule has 0 aromatic carbocycles. The van der Waals surface area contributed by atoms with Gasteiger partial charge >= 0.3 is 0 Å². The van der Waals surface area contributed by atoms with Crippen molar-refractivity contribution in [1.82, 2.24) is 9.80 Å². The number of Topliss-reactive ketones (excluding diaryl/α,β-unsaturated/α-hetero) is 2. The summed E-state index contributed by atoms with van der Waals surface area (Å²) in [5, 5.41) is 0. The SMILES string of the molecule is CC(CC1CC(=O)C(CC(C)C(=O)N(C)C)CC1=O)C(=O)N(C)C. The largest absolute Gasteiger partial charge is 0.349 e. The maximum Gasteiger partial charge on any atom is 0.224 e. The molecule has 136 valence electrons. The van der Waals surface area contributed by atoms with E-state index in [0.29, 0.717) is 12.8 Å². The lowest BCUT2D eigenvalue weighted by Crippen LogP contribution is -2.38. The molecule has 0 aliphatic heterocycles. The molecular formula is C18H30N2O4. The molecule has 0 bridgehead atoms. The normalized spacial score (nSPS) is 23.6. The number of amides is 2. The Balaban J connectivity index is 2.64. The van der Waals surface area contributed by atoms with E-state index >= 15 is 0 Å². The van der Waals surface area contributed by atoms with E-state index in [9.17, 15) is 19.2 Å². The molecule has 0 heterocycles. The summed E-state index contributed by atoms with van der Waals surface area (Å²) in [6.07, 6.45) is 1.22. The number of hydrogen-bond acceptors (Lipinski definition) is 4. The lowest BCUT2D eigenvalue weighted by molar-refractivity contribution is -0.141. The van der Waals surface area contributed by atoms with Crippen LogP contribution in [0.25, 0.3) is 0 Å². The van der Waals surface area contributed by atoms with Gasteiger partial charge in [0.2, 0.25) is 11.8 Å². The van der Waals surface area contributed by atoms with E-state index in [4.69, 9.17) is 0 Å². The molecule has 0 saturated heterocycles. The van der Waals surface area contributed by atoms with Crippen molar-refractivity contribution in [2.45, 2.75) is 39.5 Å². The summed E-state index contributed by atoms with van der Waals surface area (Å²) in [6, 6.07) is 0. The zero-order valence-electron chi connectivity index (χ0n) is 15.7. The Labute approximate surface area is 144 Å². The van der Waals surface area contributed by atoms with Gasteiger partial charge in [-0.15, -0.1) is 0 Å². The van der Waals surface area contributed by atoms with Gasteiger partial charge in [-0.25, -0.2) is 0 Å². The summed E-state index contributed by atoms with van der Waals surface area (Å²) in [5.74, 6) is -1.24. The molecular weight excluding hydrogens is 308 g/mol. The second kappa shape index (κ2) is 8.40. The van der Waals surface area contributed by atoms with Crippen LogP contribution in [0, 0.1) is 23.7 Å². The first-order chi connectivity index (χ1) is 11.0. The second-order valence-corrected chi connectivity index (χ2v) is 7.47.